The zero-order valence-electron chi connectivity index (χ0n) is 14.0. The first-order valence-corrected chi connectivity index (χ1v) is 9.33. The molecule has 0 bridgehead atoms. The second-order valence-corrected chi connectivity index (χ2v) is 7.39. The predicted octanol–water partition coefficient (Wildman–Crippen LogP) is 4.60. The van der Waals surface area contributed by atoms with Gasteiger partial charge in [-0.3, -0.25) is 24.6 Å². The molecule has 0 aromatic heterocycles. The Labute approximate surface area is 167 Å². The average Bonchev–Trinajstić information content (AvgIpc) is 2.90. The summed E-state index contributed by atoms with van der Waals surface area (Å²) in [5, 5.41) is 10.6. The van der Waals surface area contributed by atoms with E-state index in [0.717, 1.165) is 26.7 Å². The van der Waals surface area contributed by atoms with Crippen LogP contribution in [-0.2, 0) is 11.3 Å². The van der Waals surface area contributed by atoms with Gasteiger partial charge in [-0.1, -0.05) is 34.1 Å². The van der Waals surface area contributed by atoms with E-state index in [4.69, 9.17) is 4.74 Å². The predicted molar refractivity (Wildman–Crippen MR) is 105 cm³/mol. The highest BCUT2D eigenvalue weighted by Gasteiger charge is 2.35. The Kier molecular flexibility index (Phi) is 5.62. The first-order valence-electron chi connectivity index (χ1n) is 7.72. The molecule has 0 unspecified atom stereocenters. The Morgan fingerprint density at radius 1 is 1.26 bits per heavy atom. The molecule has 3 rings (SSSR count). The summed E-state index contributed by atoms with van der Waals surface area (Å²) in [6.45, 7) is 0.134. The number of nitro groups is 1. The maximum atomic E-state index is 12.7. The van der Waals surface area contributed by atoms with E-state index in [1.54, 1.807) is 0 Å². The molecule has 0 radical (unpaired) electrons. The number of non-ortho nitro benzene ring substituents is 1. The lowest BCUT2D eigenvalue weighted by Gasteiger charge is -2.13. The van der Waals surface area contributed by atoms with Gasteiger partial charge in [0.15, 0.2) is 0 Å². The molecule has 0 N–H and O–H groups in total. The van der Waals surface area contributed by atoms with Crippen LogP contribution in [-0.4, -0.2) is 28.1 Å². The Balaban J connectivity index is 1.92. The zero-order chi connectivity index (χ0) is 19.6. The SMILES string of the molecule is COc1ccc([N+](=O)[O-])cc1/C=C1/SC(=O)N(Cc2ccccc2Br)C1=O. The van der Waals surface area contributed by atoms with Gasteiger partial charge in [-0.2, -0.15) is 0 Å². The molecule has 1 heterocycles. The summed E-state index contributed by atoms with van der Waals surface area (Å²) in [4.78, 5) is 36.8. The fourth-order valence-electron chi connectivity index (χ4n) is 2.52. The smallest absolute Gasteiger partial charge is 0.293 e. The molecule has 1 saturated heterocycles. The van der Waals surface area contributed by atoms with Crippen LogP contribution in [0, 0.1) is 10.1 Å². The molecule has 0 aliphatic carbocycles. The number of rotatable bonds is 5. The van der Waals surface area contributed by atoms with Gasteiger partial charge in [0.05, 0.1) is 23.5 Å². The third-order valence-electron chi connectivity index (χ3n) is 3.87. The number of benzene rings is 2. The molecule has 0 spiro atoms. The highest BCUT2D eigenvalue weighted by molar-refractivity contribution is 9.10. The summed E-state index contributed by atoms with van der Waals surface area (Å²) in [5.41, 5.74) is 1.03. The van der Waals surface area contributed by atoms with Crippen LogP contribution in [0.5, 0.6) is 5.75 Å². The number of amides is 2. The van der Waals surface area contributed by atoms with Crippen molar-refractivity contribution in [2.24, 2.45) is 0 Å². The molecular weight excluding hydrogens is 436 g/mol. The van der Waals surface area contributed by atoms with Crippen LogP contribution < -0.4 is 4.74 Å². The molecule has 0 saturated carbocycles. The number of halogens is 1. The molecule has 1 aliphatic rings. The second kappa shape index (κ2) is 7.93. The average molecular weight is 449 g/mol. The molecule has 138 valence electrons. The number of imide groups is 1. The van der Waals surface area contributed by atoms with Gasteiger partial charge in [0.25, 0.3) is 16.8 Å². The number of methoxy groups -OCH3 is 1. The molecule has 2 amide bonds. The van der Waals surface area contributed by atoms with E-state index in [0.29, 0.717) is 11.3 Å². The van der Waals surface area contributed by atoms with Gasteiger partial charge in [0.2, 0.25) is 0 Å². The number of ether oxygens (including phenoxy) is 1. The van der Waals surface area contributed by atoms with E-state index in [1.165, 1.54) is 31.4 Å². The van der Waals surface area contributed by atoms with Crippen LogP contribution in [0.2, 0.25) is 0 Å². The maximum Gasteiger partial charge on any atom is 0.293 e. The number of carbonyl (C=O) groups is 2. The molecule has 0 atom stereocenters. The van der Waals surface area contributed by atoms with Crippen LogP contribution >= 0.6 is 27.7 Å². The Morgan fingerprint density at radius 3 is 2.67 bits per heavy atom. The minimum absolute atomic E-state index is 0.130. The monoisotopic (exact) mass is 448 g/mol. The zero-order valence-corrected chi connectivity index (χ0v) is 16.5. The first-order chi connectivity index (χ1) is 12.9. The van der Waals surface area contributed by atoms with Gasteiger partial charge in [-0.25, -0.2) is 0 Å². The summed E-state index contributed by atoms with van der Waals surface area (Å²) in [6.07, 6.45) is 1.44. The lowest BCUT2D eigenvalue weighted by atomic mass is 10.1. The topological polar surface area (TPSA) is 89.8 Å². The Bertz CT molecular complexity index is 976. The van der Waals surface area contributed by atoms with Crippen LogP contribution in [0.1, 0.15) is 11.1 Å². The molecule has 2 aromatic rings. The maximum absolute atomic E-state index is 12.7. The fourth-order valence-corrected chi connectivity index (χ4v) is 3.76. The second-order valence-electron chi connectivity index (χ2n) is 5.54. The summed E-state index contributed by atoms with van der Waals surface area (Å²) in [5.74, 6) is -0.0764. The number of thioether (sulfide) groups is 1. The largest absolute Gasteiger partial charge is 0.496 e. The molecule has 7 nitrogen and oxygen atoms in total. The van der Waals surface area contributed by atoms with Crippen molar-refractivity contribution in [3.8, 4) is 5.75 Å². The van der Waals surface area contributed by atoms with Crippen LogP contribution in [0.3, 0.4) is 0 Å². The number of nitrogens with zero attached hydrogens (tertiary/aromatic N) is 2. The van der Waals surface area contributed by atoms with E-state index >= 15 is 0 Å². The summed E-state index contributed by atoms with van der Waals surface area (Å²) >= 11 is 4.19. The van der Waals surface area contributed by atoms with Crippen molar-refractivity contribution in [1.29, 1.82) is 0 Å². The molecule has 1 fully saturated rings. The Hall–Kier alpha value is -2.65. The molecular formula is C18H13BrN2O5S. The van der Waals surface area contributed by atoms with E-state index < -0.39 is 16.1 Å². The molecule has 27 heavy (non-hydrogen) atoms. The third kappa shape index (κ3) is 4.04. The lowest BCUT2D eigenvalue weighted by Crippen LogP contribution is -2.27. The van der Waals surface area contributed by atoms with Crippen molar-refractivity contribution in [3.63, 3.8) is 0 Å². The minimum Gasteiger partial charge on any atom is -0.496 e. The van der Waals surface area contributed by atoms with Gasteiger partial charge in [-0.05, 0) is 35.5 Å². The van der Waals surface area contributed by atoms with Crippen molar-refractivity contribution in [2.75, 3.05) is 7.11 Å². The Morgan fingerprint density at radius 2 is 2.00 bits per heavy atom. The van der Waals surface area contributed by atoms with E-state index in [1.807, 2.05) is 24.3 Å². The molecule has 1 aliphatic heterocycles. The van der Waals surface area contributed by atoms with Crippen molar-refractivity contribution >= 4 is 50.6 Å². The van der Waals surface area contributed by atoms with Crippen LogP contribution in [0.4, 0.5) is 10.5 Å². The number of hydrogen-bond acceptors (Lipinski definition) is 6. The highest BCUT2D eigenvalue weighted by Crippen LogP contribution is 2.36. The van der Waals surface area contributed by atoms with E-state index in [-0.39, 0.29) is 17.1 Å². The fraction of sp³-hybridized carbons (Fsp3) is 0.111. The first kappa shape index (κ1) is 19.1. The van der Waals surface area contributed by atoms with Crippen molar-refractivity contribution in [1.82, 2.24) is 4.90 Å². The summed E-state index contributed by atoms with van der Waals surface area (Å²) in [6, 6.07) is 11.4. The van der Waals surface area contributed by atoms with Gasteiger partial charge < -0.3 is 4.74 Å². The van der Waals surface area contributed by atoms with Gasteiger partial charge >= 0.3 is 0 Å². The number of hydrogen-bond donors (Lipinski definition) is 0. The van der Waals surface area contributed by atoms with E-state index in [2.05, 4.69) is 15.9 Å². The lowest BCUT2D eigenvalue weighted by molar-refractivity contribution is -0.384. The van der Waals surface area contributed by atoms with Crippen molar-refractivity contribution in [2.45, 2.75) is 6.54 Å². The van der Waals surface area contributed by atoms with Crippen molar-refractivity contribution in [3.05, 3.63) is 73.1 Å². The van der Waals surface area contributed by atoms with Gasteiger partial charge in [0, 0.05) is 22.2 Å². The van der Waals surface area contributed by atoms with Crippen molar-refractivity contribution < 1.29 is 19.2 Å². The quantitative estimate of drug-likeness (QED) is 0.377. The van der Waals surface area contributed by atoms with Crippen LogP contribution in [0.15, 0.2) is 51.8 Å². The number of nitro benzene ring substituents is 1. The normalized spacial score (nSPS) is 15.5. The highest BCUT2D eigenvalue weighted by atomic mass is 79.9. The standard InChI is InChI=1S/C18H13BrN2O5S/c1-26-15-7-6-13(21(24)25)8-12(15)9-16-17(22)20(18(23)27-16)10-11-4-2-3-5-14(11)19/h2-9H,10H2,1H3/b16-9+. The van der Waals surface area contributed by atoms with Gasteiger partial charge in [-0.15, -0.1) is 0 Å². The van der Waals surface area contributed by atoms with E-state index in [9.17, 15) is 19.7 Å². The third-order valence-corrected chi connectivity index (χ3v) is 5.55. The molecule has 9 heteroatoms. The molecule has 2 aromatic carbocycles. The minimum atomic E-state index is -0.532. The van der Waals surface area contributed by atoms with Gasteiger partial charge in [0.1, 0.15) is 5.75 Å². The van der Waals surface area contributed by atoms with Crippen LogP contribution in [0.25, 0.3) is 6.08 Å². The summed E-state index contributed by atoms with van der Waals surface area (Å²) < 4.78 is 6.00. The summed E-state index contributed by atoms with van der Waals surface area (Å²) in [7, 11) is 1.43. The number of carbonyl (C=O) groups excluding carboxylic acids is 2.